The molecule has 0 unspecified atom stereocenters. The number of amides is 1. The smallest absolute Gasteiger partial charge is 0.251 e. The van der Waals surface area contributed by atoms with Gasteiger partial charge in [-0.1, -0.05) is 43.7 Å². The SMILES string of the molecule is CCCCOc1ccc(C(=O)NC2CCN(Cc3ccccc3)CC2)cc1Br. The minimum Gasteiger partial charge on any atom is -0.492 e. The lowest BCUT2D eigenvalue weighted by molar-refractivity contribution is 0.0909. The molecule has 1 fully saturated rings. The van der Waals surface area contributed by atoms with E-state index in [0.717, 1.165) is 55.5 Å². The van der Waals surface area contributed by atoms with Gasteiger partial charge in [-0.05, 0) is 59.0 Å². The standard InChI is InChI=1S/C23H29BrN2O2/c1-2-3-15-28-22-10-9-19(16-21(22)24)23(27)25-20-11-13-26(14-12-20)17-18-7-5-4-6-8-18/h4-10,16,20H,2-3,11-15,17H2,1H3,(H,25,27). The summed E-state index contributed by atoms with van der Waals surface area (Å²) < 4.78 is 6.57. The number of halogens is 1. The maximum Gasteiger partial charge on any atom is 0.251 e. The van der Waals surface area contributed by atoms with E-state index in [0.29, 0.717) is 12.2 Å². The van der Waals surface area contributed by atoms with Crippen LogP contribution in [0.15, 0.2) is 53.0 Å². The monoisotopic (exact) mass is 444 g/mol. The molecule has 150 valence electrons. The molecule has 0 aliphatic carbocycles. The third-order valence-electron chi connectivity index (χ3n) is 5.12. The van der Waals surface area contributed by atoms with Crippen molar-refractivity contribution in [3.05, 3.63) is 64.1 Å². The van der Waals surface area contributed by atoms with Gasteiger partial charge in [-0.3, -0.25) is 9.69 Å². The van der Waals surface area contributed by atoms with Crippen LogP contribution < -0.4 is 10.1 Å². The number of hydrogen-bond donors (Lipinski definition) is 1. The first-order valence-electron chi connectivity index (χ1n) is 10.1. The quantitative estimate of drug-likeness (QED) is 0.580. The van der Waals surface area contributed by atoms with Crippen molar-refractivity contribution >= 4 is 21.8 Å². The number of nitrogens with one attached hydrogen (secondary N) is 1. The summed E-state index contributed by atoms with van der Waals surface area (Å²) in [7, 11) is 0. The Balaban J connectivity index is 1.47. The lowest BCUT2D eigenvalue weighted by Gasteiger charge is -2.32. The molecule has 1 amide bonds. The van der Waals surface area contributed by atoms with Gasteiger partial charge in [0.1, 0.15) is 5.75 Å². The second-order valence-corrected chi connectivity index (χ2v) is 8.21. The molecule has 1 saturated heterocycles. The number of unbranched alkanes of at least 4 members (excludes halogenated alkanes) is 1. The molecular formula is C23H29BrN2O2. The van der Waals surface area contributed by atoms with E-state index in [1.807, 2.05) is 24.3 Å². The number of ether oxygens (including phenoxy) is 1. The molecule has 1 aliphatic rings. The van der Waals surface area contributed by atoms with Crippen LogP contribution in [0.25, 0.3) is 0 Å². The molecule has 2 aromatic rings. The summed E-state index contributed by atoms with van der Waals surface area (Å²) in [5.41, 5.74) is 2.01. The van der Waals surface area contributed by atoms with E-state index in [4.69, 9.17) is 4.74 Å². The van der Waals surface area contributed by atoms with Gasteiger partial charge in [-0.2, -0.15) is 0 Å². The Bertz CT molecular complexity index is 758. The average molecular weight is 445 g/mol. The van der Waals surface area contributed by atoms with Crippen LogP contribution in [-0.4, -0.2) is 36.5 Å². The first-order valence-corrected chi connectivity index (χ1v) is 10.9. The molecule has 0 aromatic heterocycles. The average Bonchev–Trinajstić information content (AvgIpc) is 2.71. The van der Waals surface area contributed by atoms with Crippen LogP contribution in [0, 0.1) is 0 Å². The Morgan fingerprint density at radius 3 is 2.61 bits per heavy atom. The fourth-order valence-electron chi connectivity index (χ4n) is 3.43. The first-order chi connectivity index (χ1) is 13.7. The van der Waals surface area contributed by atoms with E-state index < -0.39 is 0 Å². The molecule has 28 heavy (non-hydrogen) atoms. The highest BCUT2D eigenvalue weighted by Gasteiger charge is 2.21. The lowest BCUT2D eigenvalue weighted by Crippen LogP contribution is -2.44. The predicted molar refractivity (Wildman–Crippen MR) is 117 cm³/mol. The van der Waals surface area contributed by atoms with Crippen molar-refractivity contribution in [2.24, 2.45) is 0 Å². The van der Waals surface area contributed by atoms with Gasteiger partial charge in [-0.25, -0.2) is 0 Å². The fourth-order valence-corrected chi connectivity index (χ4v) is 3.92. The molecule has 0 atom stereocenters. The van der Waals surface area contributed by atoms with E-state index in [1.165, 1.54) is 5.56 Å². The lowest BCUT2D eigenvalue weighted by atomic mass is 10.0. The molecule has 0 spiro atoms. The van der Waals surface area contributed by atoms with Gasteiger partial charge in [-0.15, -0.1) is 0 Å². The molecule has 5 heteroatoms. The van der Waals surface area contributed by atoms with Crippen molar-refractivity contribution in [1.29, 1.82) is 0 Å². The number of carbonyl (C=O) groups is 1. The Labute approximate surface area is 176 Å². The van der Waals surface area contributed by atoms with Crippen molar-refractivity contribution in [2.45, 2.75) is 45.2 Å². The molecular weight excluding hydrogens is 416 g/mol. The zero-order chi connectivity index (χ0) is 19.8. The highest BCUT2D eigenvalue weighted by Crippen LogP contribution is 2.26. The van der Waals surface area contributed by atoms with E-state index in [2.05, 4.69) is 57.3 Å². The van der Waals surface area contributed by atoms with E-state index in [9.17, 15) is 4.79 Å². The minimum absolute atomic E-state index is 0.0117. The van der Waals surface area contributed by atoms with Gasteiger partial charge in [0.25, 0.3) is 5.91 Å². The summed E-state index contributed by atoms with van der Waals surface area (Å²) in [5.74, 6) is 0.779. The summed E-state index contributed by atoms with van der Waals surface area (Å²) in [4.78, 5) is 15.1. The normalized spacial score (nSPS) is 15.4. The number of piperidine rings is 1. The number of benzene rings is 2. The van der Waals surface area contributed by atoms with Gasteiger partial charge < -0.3 is 10.1 Å². The van der Waals surface area contributed by atoms with Crippen LogP contribution in [0.5, 0.6) is 5.75 Å². The van der Waals surface area contributed by atoms with Crippen molar-refractivity contribution in [2.75, 3.05) is 19.7 Å². The van der Waals surface area contributed by atoms with Gasteiger partial charge in [0, 0.05) is 31.2 Å². The summed E-state index contributed by atoms with van der Waals surface area (Å²) in [6.07, 6.45) is 4.09. The fraction of sp³-hybridized carbons (Fsp3) is 0.435. The third-order valence-corrected chi connectivity index (χ3v) is 5.74. The zero-order valence-corrected chi connectivity index (χ0v) is 18.1. The van der Waals surface area contributed by atoms with Crippen LogP contribution in [0.2, 0.25) is 0 Å². The largest absolute Gasteiger partial charge is 0.492 e. The van der Waals surface area contributed by atoms with Crippen molar-refractivity contribution in [1.82, 2.24) is 10.2 Å². The Hall–Kier alpha value is -1.85. The topological polar surface area (TPSA) is 41.6 Å². The Kier molecular flexibility index (Phi) is 7.92. The molecule has 1 heterocycles. The molecule has 0 bridgehead atoms. The highest BCUT2D eigenvalue weighted by molar-refractivity contribution is 9.10. The molecule has 1 N–H and O–H groups in total. The van der Waals surface area contributed by atoms with Crippen LogP contribution in [-0.2, 0) is 6.54 Å². The van der Waals surface area contributed by atoms with Gasteiger partial charge in [0.2, 0.25) is 0 Å². The molecule has 1 aliphatic heterocycles. The van der Waals surface area contributed by atoms with E-state index >= 15 is 0 Å². The highest BCUT2D eigenvalue weighted by atomic mass is 79.9. The minimum atomic E-state index is -0.0117. The molecule has 4 nitrogen and oxygen atoms in total. The van der Waals surface area contributed by atoms with E-state index in [1.54, 1.807) is 0 Å². The maximum absolute atomic E-state index is 12.6. The van der Waals surface area contributed by atoms with Crippen LogP contribution in [0.1, 0.15) is 48.5 Å². The van der Waals surface area contributed by atoms with Crippen LogP contribution in [0.4, 0.5) is 0 Å². The van der Waals surface area contributed by atoms with Crippen molar-refractivity contribution in [3.63, 3.8) is 0 Å². The maximum atomic E-state index is 12.6. The van der Waals surface area contributed by atoms with Crippen molar-refractivity contribution < 1.29 is 9.53 Å². The van der Waals surface area contributed by atoms with Crippen LogP contribution >= 0.6 is 15.9 Å². The number of carbonyl (C=O) groups excluding carboxylic acids is 1. The molecule has 3 rings (SSSR count). The molecule has 2 aromatic carbocycles. The third kappa shape index (κ3) is 6.08. The summed E-state index contributed by atoms with van der Waals surface area (Å²) in [6.45, 7) is 5.83. The predicted octanol–water partition coefficient (Wildman–Crippen LogP) is 5.02. The second kappa shape index (κ2) is 10.6. The molecule has 0 saturated carbocycles. The van der Waals surface area contributed by atoms with Gasteiger partial charge in [0.05, 0.1) is 11.1 Å². The zero-order valence-electron chi connectivity index (χ0n) is 16.5. The number of nitrogens with zero attached hydrogens (tertiary/aromatic N) is 1. The number of likely N-dealkylation sites (tertiary alicyclic amines) is 1. The van der Waals surface area contributed by atoms with Crippen molar-refractivity contribution in [3.8, 4) is 5.75 Å². The van der Waals surface area contributed by atoms with Gasteiger partial charge in [0.15, 0.2) is 0 Å². The number of hydrogen-bond acceptors (Lipinski definition) is 3. The second-order valence-electron chi connectivity index (χ2n) is 7.36. The van der Waals surface area contributed by atoms with Gasteiger partial charge >= 0.3 is 0 Å². The Morgan fingerprint density at radius 1 is 1.18 bits per heavy atom. The summed E-state index contributed by atoms with van der Waals surface area (Å²) >= 11 is 3.52. The van der Waals surface area contributed by atoms with Crippen LogP contribution in [0.3, 0.4) is 0 Å². The summed E-state index contributed by atoms with van der Waals surface area (Å²) in [5, 5.41) is 3.19. The number of rotatable bonds is 8. The first kappa shape index (κ1) is 20.9. The summed E-state index contributed by atoms with van der Waals surface area (Å²) in [6, 6.07) is 16.3. The van der Waals surface area contributed by atoms with E-state index in [-0.39, 0.29) is 11.9 Å². The Morgan fingerprint density at radius 2 is 1.93 bits per heavy atom. The molecule has 0 radical (unpaired) electrons.